The van der Waals surface area contributed by atoms with Gasteiger partial charge in [-0.25, -0.2) is 14.3 Å². The lowest BCUT2D eigenvalue weighted by Gasteiger charge is -2.50. The molecule has 0 bridgehead atoms. The fourth-order valence-electron chi connectivity index (χ4n) is 9.64. The summed E-state index contributed by atoms with van der Waals surface area (Å²) >= 11 is 0. The zero-order valence-electron chi connectivity index (χ0n) is 40.6. The predicted octanol–water partition coefficient (Wildman–Crippen LogP) is 5.42. The molecule has 64 heavy (non-hydrogen) atoms. The van der Waals surface area contributed by atoms with Crippen molar-refractivity contribution in [3.63, 3.8) is 0 Å². The summed E-state index contributed by atoms with van der Waals surface area (Å²) in [5, 5.41) is 0. The number of allylic oxidation sites excluding steroid dienone is 1. The van der Waals surface area contributed by atoms with Crippen molar-refractivity contribution in [3.8, 4) is 0 Å². The largest absolute Gasteiger partial charge is 0.457 e. The van der Waals surface area contributed by atoms with E-state index >= 15 is 0 Å². The lowest BCUT2D eigenvalue weighted by molar-refractivity contribution is -0.320. The molecule has 18 nitrogen and oxygen atoms in total. The van der Waals surface area contributed by atoms with Gasteiger partial charge in [0.25, 0.3) is 0 Å². The average Bonchev–Trinajstić information content (AvgIpc) is 3.77. The third-order valence-corrected chi connectivity index (χ3v) is 13.1. The standard InChI is InChI=1S/C46H73N3O15/c1-17-34-44(10,64-43(54)49-19-18-47-24-49)21-25(2)36(52)26(3)22-45(11,55-15)39(63-42-38(59-31(8)50)33(48(13)14)20-27(4)57-42)28(5)37(29(6)41(53)61-34)62-35-23-46(12,56-16)40(30(7)58-35)60-32(9)51/h18-19,21,24,26-30,33-35,37-40,42H,17,20,22-23H2,1-16H3/b25-21+/t26-,27+,28+,29+,30+,33-,34-,35?,37+,38-,39-,40-,42-,44?,45?,46?/m0/s1. The second-order valence-electron chi connectivity index (χ2n) is 18.7. The molecule has 3 aliphatic rings. The Morgan fingerprint density at radius 3 is 2.06 bits per heavy atom. The van der Waals surface area contributed by atoms with Crippen molar-refractivity contribution in [1.29, 1.82) is 0 Å². The van der Waals surface area contributed by atoms with E-state index < -0.39 is 108 Å². The molecule has 0 aliphatic carbocycles. The topological polar surface area (TPSA) is 199 Å². The van der Waals surface area contributed by atoms with Crippen molar-refractivity contribution in [1.82, 2.24) is 14.5 Å². The van der Waals surface area contributed by atoms with Crippen LogP contribution in [0.4, 0.5) is 4.79 Å². The van der Waals surface area contributed by atoms with Gasteiger partial charge in [0, 0.05) is 58.7 Å². The summed E-state index contributed by atoms with van der Waals surface area (Å²) in [5.74, 6) is -4.59. The minimum atomic E-state index is -1.63. The first kappa shape index (κ1) is 52.8. The van der Waals surface area contributed by atoms with Crippen LogP contribution in [0.2, 0.25) is 0 Å². The number of likely N-dealkylation sites (N-methyl/N-ethyl adjacent to an activating group) is 1. The van der Waals surface area contributed by atoms with E-state index in [2.05, 4.69) is 4.98 Å². The van der Waals surface area contributed by atoms with Gasteiger partial charge in [0.2, 0.25) is 0 Å². The van der Waals surface area contributed by atoms with Gasteiger partial charge >= 0.3 is 24.0 Å². The summed E-state index contributed by atoms with van der Waals surface area (Å²) in [7, 11) is 6.80. The Morgan fingerprint density at radius 1 is 0.891 bits per heavy atom. The first-order chi connectivity index (χ1) is 29.8. The van der Waals surface area contributed by atoms with E-state index in [0.29, 0.717) is 6.42 Å². The van der Waals surface area contributed by atoms with E-state index in [-0.39, 0.29) is 42.8 Å². The molecule has 0 radical (unpaired) electrons. The number of esters is 3. The molecule has 0 amide bonds. The number of rotatable bonds is 11. The zero-order chi connectivity index (χ0) is 48.1. The summed E-state index contributed by atoms with van der Waals surface area (Å²) in [6.07, 6.45) is -2.27. The molecule has 362 valence electrons. The van der Waals surface area contributed by atoms with Crippen LogP contribution >= 0.6 is 0 Å². The van der Waals surface area contributed by atoms with Crippen LogP contribution in [0.25, 0.3) is 0 Å². The molecule has 3 aliphatic heterocycles. The van der Waals surface area contributed by atoms with E-state index in [0.717, 1.165) is 4.57 Å². The quantitative estimate of drug-likeness (QED) is 0.201. The molecule has 4 heterocycles. The van der Waals surface area contributed by atoms with Crippen molar-refractivity contribution in [2.75, 3.05) is 28.3 Å². The highest BCUT2D eigenvalue weighted by Gasteiger charge is 2.54. The third-order valence-electron chi connectivity index (χ3n) is 13.1. The molecular formula is C46H73N3O15. The lowest BCUT2D eigenvalue weighted by Crippen LogP contribution is -2.61. The molecule has 1 aromatic rings. The van der Waals surface area contributed by atoms with Gasteiger partial charge in [0.15, 0.2) is 36.2 Å². The van der Waals surface area contributed by atoms with Gasteiger partial charge in [-0.1, -0.05) is 20.8 Å². The van der Waals surface area contributed by atoms with Crippen molar-refractivity contribution in [2.24, 2.45) is 17.8 Å². The summed E-state index contributed by atoms with van der Waals surface area (Å²) in [4.78, 5) is 73.6. The summed E-state index contributed by atoms with van der Waals surface area (Å²) in [6.45, 7) is 20.2. The summed E-state index contributed by atoms with van der Waals surface area (Å²) in [5.41, 5.74) is -3.75. The van der Waals surface area contributed by atoms with Crippen LogP contribution in [0.3, 0.4) is 0 Å². The number of carbonyl (C=O) groups excluding carboxylic acids is 5. The first-order valence-corrected chi connectivity index (χ1v) is 22.2. The molecule has 4 rings (SSSR count). The Bertz CT molecular complexity index is 1810. The van der Waals surface area contributed by atoms with Gasteiger partial charge in [-0.2, -0.15) is 0 Å². The Labute approximate surface area is 378 Å². The van der Waals surface area contributed by atoms with Gasteiger partial charge in [-0.15, -0.1) is 0 Å². The zero-order valence-corrected chi connectivity index (χ0v) is 40.6. The van der Waals surface area contributed by atoms with Crippen molar-refractivity contribution >= 4 is 29.8 Å². The SMILES string of the molecule is CC[C@@H]1OC(=O)[C@H](C)[C@H](OC2CC(C)(OC)[C@@H](OC(C)=O)[C@@H](C)O2)[C@@H](C)[C@H](O[C@@H]2O[C@H](C)C[C@H](N(C)C)[C@@H]2OC(C)=O)C(C)(OC)C[C@H](C)C(=O)/C(C)=C/C1(C)OC(=O)n1ccnc1. The Hall–Kier alpha value is -3.78. The number of hydrogen-bond acceptors (Lipinski definition) is 17. The van der Waals surface area contributed by atoms with E-state index in [1.54, 1.807) is 48.5 Å². The second-order valence-corrected chi connectivity index (χ2v) is 18.7. The number of Topliss-reactive ketones (excluding diaryl/α,β-unsaturated/α-hetero) is 1. The predicted molar refractivity (Wildman–Crippen MR) is 231 cm³/mol. The van der Waals surface area contributed by atoms with Crippen LogP contribution in [0.5, 0.6) is 0 Å². The number of cyclic esters (lactones) is 1. The van der Waals surface area contributed by atoms with E-state index in [9.17, 15) is 24.0 Å². The minimum absolute atomic E-state index is 0.0849. The molecule has 1 aromatic heterocycles. The highest BCUT2D eigenvalue weighted by molar-refractivity contribution is 5.96. The van der Waals surface area contributed by atoms with E-state index in [1.165, 1.54) is 52.9 Å². The molecule has 0 saturated carbocycles. The Kier molecular flexibility index (Phi) is 17.9. The maximum Gasteiger partial charge on any atom is 0.420 e. The smallest absolute Gasteiger partial charge is 0.420 e. The molecule has 16 atom stereocenters. The third kappa shape index (κ3) is 12.2. The van der Waals surface area contributed by atoms with Gasteiger partial charge in [-0.05, 0) is 93.5 Å². The van der Waals surface area contributed by atoms with Crippen LogP contribution in [-0.4, -0.2) is 151 Å². The van der Waals surface area contributed by atoms with Crippen LogP contribution in [0.15, 0.2) is 30.4 Å². The van der Waals surface area contributed by atoms with Crippen LogP contribution in [0, 0.1) is 17.8 Å². The van der Waals surface area contributed by atoms with Crippen molar-refractivity contribution in [3.05, 3.63) is 30.4 Å². The number of hydrogen-bond donors (Lipinski definition) is 0. The molecule has 4 unspecified atom stereocenters. The molecular weight excluding hydrogens is 835 g/mol. The molecule has 0 aromatic carbocycles. The number of methoxy groups -OCH3 is 2. The molecule has 18 heteroatoms. The minimum Gasteiger partial charge on any atom is -0.457 e. The Balaban J connectivity index is 1.93. The number of carbonyl (C=O) groups is 5. The van der Waals surface area contributed by atoms with Crippen LogP contribution < -0.4 is 0 Å². The van der Waals surface area contributed by atoms with E-state index in [1.807, 2.05) is 39.8 Å². The maximum absolute atomic E-state index is 14.8. The summed E-state index contributed by atoms with van der Waals surface area (Å²) < 4.78 is 64.5. The number of aromatic nitrogens is 2. The van der Waals surface area contributed by atoms with Gasteiger partial charge in [-0.3, -0.25) is 19.2 Å². The number of ketones is 1. The highest BCUT2D eigenvalue weighted by atomic mass is 16.7. The van der Waals surface area contributed by atoms with Crippen molar-refractivity contribution < 1.29 is 71.3 Å². The lowest BCUT2D eigenvalue weighted by atomic mass is 9.76. The summed E-state index contributed by atoms with van der Waals surface area (Å²) in [6, 6.07) is -0.299. The van der Waals surface area contributed by atoms with E-state index in [4.69, 9.17) is 47.4 Å². The number of imidazole rings is 1. The molecule has 2 saturated heterocycles. The van der Waals surface area contributed by atoms with Gasteiger partial charge in [0.05, 0.1) is 42.0 Å². The number of ether oxygens (including phenoxy) is 10. The van der Waals surface area contributed by atoms with Gasteiger partial charge in [0.1, 0.15) is 18.0 Å². The average molecular weight is 908 g/mol. The Morgan fingerprint density at radius 2 is 1.52 bits per heavy atom. The highest BCUT2D eigenvalue weighted by Crippen LogP contribution is 2.42. The molecule has 2 fully saturated rings. The second kappa shape index (κ2) is 21.7. The molecule has 0 spiro atoms. The number of nitrogens with zero attached hydrogens (tertiary/aromatic N) is 3. The maximum atomic E-state index is 14.8. The monoisotopic (exact) mass is 908 g/mol. The van der Waals surface area contributed by atoms with Crippen LogP contribution in [-0.2, 0) is 66.5 Å². The van der Waals surface area contributed by atoms with Crippen LogP contribution in [0.1, 0.15) is 109 Å². The van der Waals surface area contributed by atoms with Gasteiger partial charge < -0.3 is 52.3 Å². The molecule has 0 N–H and O–H groups in total. The van der Waals surface area contributed by atoms with Crippen molar-refractivity contribution in [2.45, 2.75) is 187 Å². The fourth-order valence-corrected chi connectivity index (χ4v) is 9.64. The fraction of sp³-hybridized carbons (Fsp3) is 0.783. The first-order valence-electron chi connectivity index (χ1n) is 22.2. The normalized spacial score (nSPS) is 40.1.